The molecule has 0 amide bonds. The van der Waals surface area contributed by atoms with Crippen LogP contribution in [0, 0.1) is 29.6 Å². The van der Waals surface area contributed by atoms with Gasteiger partial charge in [-0.2, -0.15) is 0 Å². The van der Waals surface area contributed by atoms with Crippen molar-refractivity contribution in [2.75, 3.05) is 6.54 Å². The maximum absolute atomic E-state index is 5.93. The fourth-order valence-electron chi connectivity index (χ4n) is 5.24. The molecule has 0 spiro atoms. The molecular weight excluding hydrogens is 242 g/mol. The van der Waals surface area contributed by atoms with Crippen LogP contribution in [0.15, 0.2) is 0 Å². The van der Waals surface area contributed by atoms with Crippen molar-refractivity contribution in [2.45, 2.75) is 83.5 Å². The molecule has 0 heterocycles. The Morgan fingerprint density at radius 3 is 2.15 bits per heavy atom. The Morgan fingerprint density at radius 2 is 1.35 bits per heavy atom. The standard InChI is InChI=1S/C19H35N/c20-13-12-17-10-11-19-14-18(19)9-7-15-4-2-1-3-5-16(17)8-6-15/h15-19H,1-14,20H2/t15-,16?,17?,18?,19?/m0/s1. The summed E-state index contributed by atoms with van der Waals surface area (Å²) in [7, 11) is 0. The summed E-state index contributed by atoms with van der Waals surface area (Å²) in [5.74, 6) is 5.26. The molecule has 2 N–H and O–H groups in total. The molecule has 5 atom stereocenters. The van der Waals surface area contributed by atoms with Gasteiger partial charge in [0.05, 0.1) is 0 Å². The van der Waals surface area contributed by atoms with E-state index in [0.717, 1.165) is 36.1 Å². The highest BCUT2D eigenvalue weighted by atomic mass is 14.5. The molecule has 1 heteroatoms. The van der Waals surface area contributed by atoms with Crippen LogP contribution in [-0.2, 0) is 0 Å². The summed E-state index contributed by atoms with van der Waals surface area (Å²) < 4.78 is 0. The van der Waals surface area contributed by atoms with Crippen molar-refractivity contribution in [3.63, 3.8) is 0 Å². The fraction of sp³-hybridized carbons (Fsp3) is 1.00. The Morgan fingerprint density at radius 1 is 0.650 bits per heavy atom. The third-order valence-electron chi connectivity index (χ3n) is 6.76. The van der Waals surface area contributed by atoms with E-state index >= 15 is 0 Å². The minimum atomic E-state index is 0.915. The number of nitrogens with two attached hydrogens (primary N) is 1. The maximum atomic E-state index is 5.93. The topological polar surface area (TPSA) is 26.0 Å². The predicted octanol–water partition coefficient (Wildman–Crippen LogP) is 5.14. The highest BCUT2D eigenvalue weighted by Crippen LogP contribution is 2.49. The van der Waals surface area contributed by atoms with Gasteiger partial charge in [0.1, 0.15) is 0 Å². The monoisotopic (exact) mass is 277 g/mol. The SMILES string of the molecule is NCCC1CCC2CC2CC[C@H]2CCCCCC1CC2. The van der Waals surface area contributed by atoms with Gasteiger partial charge in [0.25, 0.3) is 0 Å². The van der Waals surface area contributed by atoms with Crippen LogP contribution in [0.5, 0.6) is 0 Å². The summed E-state index contributed by atoms with van der Waals surface area (Å²) >= 11 is 0. The third-order valence-corrected chi connectivity index (χ3v) is 6.76. The van der Waals surface area contributed by atoms with E-state index in [1.165, 1.54) is 64.2 Å². The van der Waals surface area contributed by atoms with Gasteiger partial charge in [-0.05, 0) is 74.7 Å². The predicted molar refractivity (Wildman–Crippen MR) is 86.5 cm³/mol. The molecule has 3 aliphatic carbocycles. The van der Waals surface area contributed by atoms with E-state index in [-0.39, 0.29) is 0 Å². The molecule has 3 rings (SSSR count). The fourth-order valence-corrected chi connectivity index (χ4v) is 5.24. The first-order valence-electron chi connectivity index (χ1n) is 9.57. The minimum Gasteiger partial charge on any atom is -0.330 e. The molecule has 0 aliphatic heterocycles. The number of rotatable bonds is 2. The lowest BCUT2D eigenvalue weighted by Gasteiger charge is -2.27. The van der Waals surface area contributed by atoms with Crippen molar-refractivity contribution in [1.29, 1.82) is 0 Å². The van der Waals surface area contributed by atoms with Gasteiger partial charge in [-0.25, -0.2) is 0 Å². The van der Waals surface area contributed by atoms with Crippen molar-refractivity contribution >= 4 is 0 Å². The molecule has 116 valence electrons. The third kappa shape index (κ3) is 4.00. The molecule has 0 saturated heterocycles. The summed E-state index contributed by atoms with van der Waals surface area (Å²) in [5.41, 5.74) is 5.93. The van der Waals surface area contributed by atoms with Crippen molar-refractivity contribution in [3.05, 3.63) is 0 Å². The van der Waals surface area contributed by atoms with Gasteiger partial charge in [0.15, 0.2) is 0 Å². The smallest absolute Gasteiger partial charge is 0.00745 e. The first-order chi connectivity index (χ1) is 9.86. The second-order valence-electron chi connectivity index (χ2n) is 8.09. The summed E-state index contributed by atoms with van der Waals surface area (Å²) in [6.45, 7) is 0.915. The molecule has 3 fully saturated rings. The second kappa shape index (κ2) is 7.29. The summed E-state index contributed by atoms with van der Waals surface area (Å²) in [6.07, 6.45) is 19.6. The number of hydrogen-bond acceptors (Lipinski definition) is 1. The molecule has 4 unspecified atom stereocenters. The van der Waals surface area contributed by atoms with Crippen molar-refractivity contribution < 1.29 is 0 Å². The normalized spacial score (nSPS) is 42.8. The molecule has 20 heavy (non-hydrogen) atoms. The van der Waals surface area contributed by atoms with E-state index < -0.39 is 0 Å². The lowest BCUT2D eigenvalue weighted by molar-refractivity contribution is 0.241. The van der Waals surface area contributed by atoms with Gasteiger partial charge in [0, 0.05) is 0 Å². The summed E-state index contributed by atoms with van der Waals surface area (Å²) in [6, 6.07) is 0. The maximum Gasteiger partial charge on any atom is -0.00745 e. The van der Waals surface area contributed by atoms with Crippen LogP contribution < -0.4 is 5.73 Å². The van der Waals surface area contributed by atoms with Crippen LogP contribution in [0.2, 0.25) is 0 Å². The van der Waals surface area contributed by atoms with Crippen molar-refractivity contribution in [2.24, 2.45) is 35.3 Å². The van der Waals surface area contributed by atoms with Crippen LogP contribution in [0.1, 0.15) is 83.5 Å². The van der Waals surface area contributed by atoms with Gasteiger partial charge in [-0.1, -0.05) is 44.9 Å². The van der Waals surface area contributed by atoms with Gasteiger partial charge in [-0.3, -0.25) is 0 Å². The van der Waals surface area contributed by atoms with Crippen molar-refractivity contribution in [1.82, 2.24) is 0 Å². The Labute approximate surface area is 126 Å². The van der Waals surface area contributed by atoms with Gasteiger partial charge in [-0.15, -0.1) is 0 Å². The van der Waals surface area contributed by atoms with E-state index in [4.69, 9.17) is 5.73 Å². The van der Waals surface area contributed by atoms with Gasteiger partial charge < -0.3 is 5.73 Å². The first-order valence-corrected chi connectivity index (χ1v) is 9.57. The average Bonchev–Trinajstić information content (AvgIpc) is 3.18. The minimum absolute atomic E-state index is 0.915. The Bertz CT molecular complexity index is 287. The summed E-state index contributed by atoms with van der Waals surface area (Å²) in [4.78, 5) is 0. The zero-order chi connectivity index (χ0) is 13.8. The van der Waals surface area contributed by atoms with Crippen molar-refractivity contribution in [3.8, 4) is 0 Å². The molecule has 3 aliphatic rings. The van der Waals surface area contributed by atoms with E-state index in [1.54, 1.807) is 19.3 Å². The zero-order valence-corrected chi connectivity index (χ0v) is 13.4. The van der Waals surface area contributed by atoms with E-state index in [2.05, 4.69) is 0 Å². The van der Waals surface area contributed by atoms with Crippen LogP contribution >= 0.6 is 0 Å². The van der Waals surface area contributed by atoms with Gasteiger partial charge in [0.2, 0.25) is 0 Å². The molecule has 0 aromatic rings. The summed E-state index contributed by atoms with van der Waals surface area (Å²) in [5, 5.41) is 0. The van der Waals surface area contributed by atoms with Gasteiger partial charge >= 0.3 is 0 Å². The Hall–Kier alpha value is -0.0400. The van der Waals surface area contributed by atoms with Crippen LogP contribution in [-0.4, -0.2) is 6.54 Å². The lowest BCUT2D eigenvalue weighted by atomic mass is 9.78. The molecule has 0 aromatic carbocycles. The highest BCUT2D eigenvalue weighted by molar-refractivity contribution is 4.89. The number of hydrogen-bond donors (Lipinski definition) is 1. The van der Waals surface area contributed by atoms with Crippen LogP contribution in [0.3, 0.4) is 0 Å². The quantitative estimate of drug-likeness (QED) is 0.743. The highest BCUT2D eigenvalue weighted by Gasteiger charge is 2.38. The molecule has 2 bridgehead atoms. The number of fused-ring (bicyclic) bond motifs is 4. The Kier molecular flexibility index (Phi) is 5.42. The zero-order valence-electron chi connectivity index (χ0n) is 13.4. The molecule has 3 saturated carbocycles. The van der Waals surface area contributed by atoms with E-state index in [9.17, 15) is 0 Å². The van der Waals surface area contributed by atoms with E-state index in [0.29, 0.717) is 0 Å². The average molecular weight is 277 g/mol. The van der Waals surface area contributed by atoms with E-state index in [1.807, 2.05) is 0 Å². The lowest BCUT2D eigenvalue weighted by Crippen LogP contribution is -2.19. The molecule has 0 radical (unpaired) electrons. The molecule has 0 aromatic heterocycles. The van der Waals surface area contributed by atoms with Crippen LogP contribution in [0.4, 0.5) is 0 Å². The second-order valence-corrected chi connectivity index (χ2v) is 8.09. The first kappa shape index (κ1) is 14.9. The Balaban J connectivity index is 1.68. The van der Waals surface area contributed by atoms with Crippen LogP contribution in [0.25, 0.3) is 0 Å². The molecule has 1 nitrogen and oxygen atoms in total. The largest absolute Gasteiger partial charge is 0.330 e. The molecular formula is C19H35N.